The van der Waals surface area contributed by atoms with Crippen molar-refractivity contribution in [1.29, 1.82) is 0 Å². The molecule has 1 saturated carbocycles. The zero-order chi connectivity index (χ0) is 22.3. The number of benzene rings is 1. The Hall–Kier alpha value is -2.43. The molecule has 1 aromatic carbocycles. The second-order valence-electron chi connectivity index (χ2n) is 8.56. The van der Waals surface area contributed by atoms with E-state index in [1.807, 2.05) is 6.20 Å². The molecular weight excluding hydrogens is 432 g/mol. The lowest BCUT2D eigenvalue weighted by Crippen LogP contribution is -2.51. The number of methoxy groups -OCH3 is 2. The van der Waals surface area contributed by atoms with E-state index in [1.54, 1.807) is 18.3 Å². The van der Waals surface area contributed by atoms with Crippen LogP contribution < -0.4 is 14.2 Å². The number of fused-ring (bicyclic) bond motifs is 1. The van der Waals surface area contributed by atoms with Crippen LogP contribution in [0, 0.1) is 0 Å². The van der Waals surface area contributed by atoms with Crippen LogP contribution in [0.25, 0.3) is 0 Å². The summed E-state index contributed by atoms with van der Waals surface area (Å²) >= 11 is 0. The van der Waals surface area contributed by atoms with Crippen LogP contribution >= 0.6 is 0 Å². The van der Waals surface area contributed by atoms with Gasteiger partial charge in [-0.2, -0.15) is 4.31 Å². The van der Waals surface area contributed by atoms with Gasteiger partial charge in [0.05, 0.1) is 32.3 Å². The Kier molecular flexibility index (Phi) is 5.68. The van der Waals surface area contributed by atoms with E-state index in [2.05, 4.69) is 14.9 Å². The summed E-state index contributed by atoms with van der Waals surface area (Å²) in [6.07, 6.45) is 6.61. The quantitative estimate of drug-likeness (QED) is 0.619. The van der Waals surface area contributed by atoms with Crippen molar-refractivity contribution < 1.29 is 22.6 Å². The first-order valence-corrected chi connectivity index (χ1v) is 12.4. The summed E-state index contributed by atoms with van der Waals surface area (Å²) in [6.45, 7) is 2.24. The van der Waals surface area contributed by atoms with Crippen molar-refractivity contribution in [3.63, 3.8) is 0 Å². The van der Waals surface area contributed by atoms with Crippen LogP contribution in [0.5, 0.6) is 17.4 Å². The predicted octanol–water partition coefficient (Wildman–Crippen LogP) is 1.90. The minimum Gasteiger partial charge on any atom is -0.497 e. The number of hydrogen-bond acceptors (Lipinski definition) is 8. The van der Waals surface area contributed by atoms with Crippen molar-refractivity contribution in [2.24, 2.45) is 0 Å². The van der Waals surface area contributed by atoms with Gasteiger partial charge >= 0.3 is 0 Å². The fraction of sp³-hybridized carbons (Fsp3) is 0.545. The molecule has 32 heavy (non-hydrogen) atoms. The summed E-state index contributed by atoms with van der Waals surface area (Å²) in [5.41, 5.74) is 1.04. The molecule has 0 spiro atoms. The molecule has 2 aliphatic heterocycles. The van der Waals surface area contributed by atoms with Crippen molar-refractivity contribution in [1.82, 2.24) is 19.2 Å². The minimum atomic E-state index is -3.72. The summed E-state index contributed by atoms with van der Waals surface area (Å²) in [6, 6.07) is 4.93. The Labute approximate surface area is 188 Å². The van der Waals surface area contributed by atoms with Crippen LogP contribution in [-0.4, -0.2) is 80.1 Å². The van der Waals surface area contributed by atoms with Crippen molar-refractivity contribution in [3.05, 3.63) is 36.3 Å². The van der Waals surface area contributed by atoms with Gasteiger partial charge in [-0.1, -0.05) is 0 Å². The fourth-order valence-corrected chi connectivity index (χ4v) is 6.18. The smallest absolute Gasteiger partial charge is 0.246 e. The Balaban J connectivity index is 1.26. The lowest BCUT2D eigenvalue weighted by Gasteiger charge is -2.36. The normalized spacial score (nSPS) is 24.2. The minimum absolute atomic E-state index is 0.0323. The zero-order valence-electron chi connectivity index (χ0n) is 18.3. The summed E-state index contributed by atoms with van der Waals surface area (Å²) in [7, 11) is -0.738. The molecule has 3 heterocycles. The Morgan fingerprint density at radius 1 is 1.03 bits per heavy atom. The fourth-order valence-electron chi connectivity index (χ4n) is 4.54. The maximum atomic E-state index is 13.4. The van der Waals surface area contributed by atoms with Crippen LogP contribution in [0.2, 0.25) is 0 Å². The van der Waals surface area contributed by atoms with Crippen molar-refractivity contribution in [2.75, 3.05) is 40.4 Å². The summed E-state index contributed by atoms with van der Waals surface area (Å²) in [5.74, 6) is 1.89. The van der Waals surface area contributed by atoms with Crippen LogP contribution in [-0.2, 0) is 10.0 Å². The van der Waals surface area contributed by atoms with Gasteiger partial charge in [-0.05, 0) is 25.0 Å². The molecule has 2 aromatic rings. The summed E-state index contributed by atoms with van der Waals surface area (Å²) in [5, 5.41) is 0. The molecule has 0 radical (unpaired) electrons. The molecule has 3 fully saturated rings. The second kappa shape index (κ2) is 8.49. The lowest BCUT2D eigenvalue weighted by molar-refractivity contribution is 0.151. The highest BCUT2D eigenvalue weighted by molar-refractivity contribution is 7.89. The number of rotatable bonds is 7. The molecule has 1 aliphatic carbocycles. The molecule has 2 atom stereocenters. The molecule has 0 amide bonds. The third-order valence-electron chi connectivity index (χ3n) is 6.46. The van der Waals surface area contributed by atoms with Gasteiger partial charge in [-0.25, -0.2) is 13.4 Å². The van der Waals surface area contributed by atoms with Crippen molar-refractivity contribution in [3.8, 4) is 17.4 Å². The van der Waals surface area contributed by atoms with Crippen LogP contribution in [0.3, 0.4) is 0 Å². The van der Waals surface area contributed by atoms with E-state index in [-0.39, 0.29) is 17.0 Å². The van der Waals surface area contributed by atoms with Gasteiger partial charge in [-0.15, -0.1) is 0 Å². The maximum absolute atomic E-state index is 13.4. The predicted molar refractivity (Wildman–Crippen MR) is 117 cm³/mol. The lowest BCUT2D eigenvalue weighted by atomic mass is 10.2. The van der Waals surface area contributed by atoms with Gasteiger partial charge in [0.1, 0.15) is 22.5 Å². The molecule has 5 rings (SSSR count). The van der Waals surface area contributed by atoms with E-state index in [0.717, 1.165) is 18.7 Å². The van der Waals surface area contributed by atoms with Crippen molar-refractivity contribution in [2.45, 2.75) is 42.2 Å². The van der Waals surface area contributed by atoms with Crippen LogP contribution in [0.4, 0.5) is 0 Å². The SMILES string of the molecule is COc1ccc(OC)c(S(=O)(=O)N2CCN3C[C@@H](Oc4cnc(C5CC5)cn4)C[C@H]3C2)c1. The third-order valence-corrected chi connectivity index (χ3v) is 8.35. The van der Waals surface area contributed by atoms with Gasteiger partial charge in [0.15, 0.2) is 0 Å². The zero-order valence-corrected chi connectivity index (χ0v) is 19.1. The molecule has 1 aromatic heterocycles. The number of ether oxygens (including phenoxy) is 3. The number of piperazine rings is 1. The summed E-state index contributed by atoms with van der Waals surface area (Å²) < 4.78 is 45.0. The number of aromatic nitrogens is 2. The van der Waals surface area contributed by atoms with E-state index >= 15 is 0 Å². The topological polar surface area (TPSA) is 94.1 Å². The van der Waals surface area contributed by atoms with E-state index < -0.39 is 10.0 Å². The molecule has 0 bridgehead atoms. The van der Waals surface area contributed by atoms with Gasteiger partial charge in [0, 0.05) is 50.6 Å². The van der Waals surface area contributed by atoms with Crippen LogP contribution in [0.1, 0.15) is 30.9 Å². The van der Waals surface area contributed by atoms with Gasteiger partial charge in [0.2, 0.25) is 15.9 Å². The first-order valence-electron chi connectivity index (χ1n) is 10.9. The Morgan fingerprint density at radius 3 is 2.56 bits per heavy atom. The van der Waals surface area contributed by atoms with E-state index in [9.17, 15) is 8.42 Å². The number of nitrogens with zero attached hydrogens (tertiary/aromatic N) is 4. The molecule has 9 nitrogen and oxygen atoms in total. The number of sulfonamides is 1. The molecule has 3 aliphatic rings. The molecule has 172 valence electrons. The second-order valence-corrected chi connectivity index (χ2v) is 10.5. The Morgan fingerprint density at radius 2 is 1.88 bits per heavy atom. The van der Waals surface area contributed by atoms with E-state index in [0.29, 0.717) is 42.9 Å². The molecule has 2 saturated heterocycles. The first kappa shape index (κ1) is 21.4. The largest absolute Gasteiger partial charge is 0.497 e. The van der Waals surface area contributed by atoms with E-state index in [1.165, 1.54) is 37.4 Å². The van der Waals surface area contributed by atoms with Gasteiger partial charge < -0.3 is 14.2 Å². The summed E-state index contributed by atoms with van der Waals surface area (Å²) in [4.78, 5) is 11.3. The highest BCUT2D eigenvalue weighted by Gasteiger charge is 2.41. The molecular formula is C22H28N4O5S. The molecule has 10 heteroatoms. The van der Waals surface area contributed by atoms with Gasteiger partial charge in [-0.3, -0.25) is 9.88 Å². The monoisotopic (exact) mass is 460 g/mol. The molecule has 0 N–H and O–H groups in total. The number of hydrogen-bond donors (Lipinski definition) is 0. The van der Waals surface area contributed by atoms with Crippen molar-refractivity contribution >= 4 is 10.0 Å². The standard InChI is InChI=1S/C22H28N4O5S/c1-29-17-5-6-20(30-2)21(10-17)32(27,28)26-8-7-25-14-18(9-16(25)13-26)31-22-12-23-19(11-24-22)15-3-4-15/h5-6,10-12,15-16,18H,3-4,7-9,13-14H2,1-2H3/t16-,18-/m0/s1. The average Bonchev–Trinajstić information content (AvgIpc) is 3.58. The third kappa shape index (κ3) is 4.14. The van der Waals surface area contributed by atoms with E-state index in [4.69, 9.17) is 14.2 Å². The average molecular weight is 461 g/mol. The highest BCUT2D eigenvalue weighted by Crippen LogP contribution is 2.39. The van der Waals surface area contributed by atoms with Crippen LogP contribution in [0.15, 0.2) is 35.5 Å². The highest BCUT2D eigenvalue weighted by atomic mass is 32.2. The Bertz CT molecular complexity index is 1070. The molecule has 0 unspecified atom stereocenters. The first-order chi connectivity index (χ1) is 15.5. The van der Waals surface area contributed by atoms with Gasteiger partial charge in [0.25, 0.3) is 0 Å². The maximum Gasteiger partial charge on any atom is 0.246 e.